The quantitative estimate of drug-likeness (QED) is 0.304. The summed E-state index contributed by atoms with van der Waals surface area (Å²) in [7, 11) is 0. The highest BCUT2D eigenvalue weighted by molar-refractivity contribution is 5.98. The summed E-state index contributed by atoms with van der Waals surface area (Å²) in [6.07, 6.45) is 4.77. The fourth-order valence-corrected chi connectivity index (χ4v) is 7.71. The van der Waals surface area contributed by atoms with E-state index in [0.29, 0.717) is 25.7 Å². The predicted molar refractivity (Wildman–Crippen MR) is 157 cm³/mol. The first kappa shape index (κ1) is 31.0. The van der Waals surface area contributed by atoms with Gasteiger partial charge in [0.2, 0.25) is 11.8 Å². The van der Waals surface area contributed by atoms with Crippen molar-refractivity contribution >= 4 is 17.8 Å². The smallest absolute Gasteiger partial charge is 0.312 e. The van der Waals surface area contributed by atoms with Crippen molar-refractivity contribution in [1.29, 1.82) is 0 Å². The maximum Gasteiger partial charge on any atom is 0.312 e. The molecule has 1 aromatic rings. The van der Waals surface area contributed by atoms with E-state index < -0.39 is 47.1 Å². The summed E-state index contributed by atoms with van der Waals surface area (Å²) in [5, 5.41) is 10.7. The molecule has 0 aliphatic carbocycles. The monoisotopic (exact) mass is 566 g/mol. The van der Waals surface area contributed by atoms with E-state index in [1.165, 1.54) is 6.08 Å². The van der Waals surface area contributed by atoms with E-state index in [0.717, 1.165) is 5.56 Å². The Bertz CT molecular complexity index is 1160. The van der Waals surface area contributed by atoms with Crippen LogP contribution in [0, 0.1) is 17.3 Å². The summed E-state index contributed by atoms with van der Waals surface area (Å²) in [6.45, 7) is 18.0. The summed E-state index contributed by atoms with van der Waals surface area (Å²) in [5.41, 5.74) is -0.889. The lowest BCUT2D eigenvalue weighted by molar-refractivity contribution is -0.157. The summed E-state index contributed by atoms with van der Waals surface area (Å²) in [6, 6.07) is 7.92. The first-order chi connectivity index (χ1) is 19.3. The average Bonchev–Trinajstić information content (AvgIpc) is 3.55. The molecule has 3 fully saturated rings. The minimum Gasteiger partial charge on any atom is -0.461 e. The highest BCUT2D eigenvalue weighted by Gasteiger charge is 2.76. The molecule has 1 aromatic carbocycles. The number of carbonyl (C=O) groups is 3. The van der Waals surface area contributed by atoms with Crippen LogP contribution in [0.3, 0.4) is 0 Å². The van der Waals surface area contributed by atoms with E-state index in [9.17, 15) is 19.5 Å². The standard InChI is InChI=1S/C33H46N2O6/c1-8-17-34(32(6,7)21-31(3,4)5)29(38)27-33-16-15-24(41-33)25(30(39)40-18-9-2)26(33)28(37)35(27)23(20-36)19-22-13-11-10-12-14-22/h8-14,23-27,36H,1-2,15-21H2,3-7H3/t23-,24-,25+,26+,27?,33?/m1/s1. The lowest BCUT2D eigenvalue weighted by Crippen LogP contribution is -2.62. The predicted octanol–water partition coefficient (Wildman–Crippen LogP) is 3.92. The molecule has 1 N–H and O–H groups in total. The molecule has 8 nitrogen and oxygen atoms in total. The zero-order valence-electron chi connectivity index (χ0n) is 25.2. The van der Waals surface area contributed by atoms with Gasteiger partial charge in [-0.15, -0.1) is 6.58 Å². The summed E-state index contributed by atoms with van der Waals surface area (Å²) in [4.78, 5) is 45.9. The number of nitrogens with zero attached hydrogens (tertiary/aromatic N) is 2. The van der Waals surface area contributed by atoms with Crippen LogP contribution in [0.4, 0.5) is 0 Å². The second-order valence-corrected chi connectivity index (χ2v) is 13.5. The Morgan fingerprint density at radius 3 is 2.46 bits per heavy atom. The molecule has 6 atom stereocenters. The number of aliphatic hydroxyl groups excluding tert-OH is 1. The summed E-state index contributed by atoms with van der Waals surface area (Å²) < 4.78 is 12.0. The van der Waals surface area contributed by atoms with Gasteiger partial charge in [0.1, 0.15) is 18.2 Å². The third-order valence-corrected chi connectivity index (χ3v) is 8.78. The molecule has 0 aromatic heterocycles. The van der Waals surface area contributed by atoms with Crippen LogP contribution in [-0.4, -0.2) is 81.8 Å². The van der Waals surface area contributed by atoms with Gasteiger partial charge in [0, 0.05) is 12.1 Å². The van der Waals surface area contributed by atoms with Crippen LogP contribution in [-0.2, 0) is 30.3 Å². The third kappa shape index (κ3) is 5.73. The van der Waals surface area contributed by atoms with Crippen molar-refractivity contribution in [3.8, 4) is 0 Å². The Morgan fingerprint density at radius 2 is 1.88 bits per heavy atom. The molecule has 4 rings (SSSR count). The Balaban J connectivity index is 1.81. The zero-order chi connectivity index (χ0) is 30.2. The van der Waals surface area contributed by atoms with Gasteiger partial charge in [0.25, 0.3) is 0 Å². The molecule has 8 heteroatoms. The Kier molecular flexibility index (Phi) is 8.86. The second-order valence-electron chi connectivity index (χ2n) is 13.5. The maximum atomic E-state index is 14.9. The lowest BCUT2D eigenvalue weighted by atomic mass is 9.70. The van der Waals surface area contributed by atoms with Crippen LogP contribution >= 0.6 is 0 Å². The van der Waals surface area contributed by atoms with Crippen LogP contribution in [0.2, 0.25) is 0 Å². The number of esters is 1. The number of hydrogen-bond acceptors (Lipinski definition) is 6. The minimum absolute atomic E-state index is 0.0312. The number of aliphatic hydroxyl groups is 1. The molecule has 2 amide bonds. The molecule has 3 aliphatic heterocycles. The SMILES string of the molecule is C=CCOC(=O)[C@@H]1[C@H]2C(=O)N([C@@H](CO)Cc3ccccc3)C(C(=O)N(CC=C)C(C)(C)CC(C)(C)C)C23CC[C@H]1O3. The molecular formula is C33H46N2O6. The second kappa shape index (κ2) is 11.7. The van der Waals surface area contributed by atoms with Gasteiger partial charge in [-0.1, -0.05) is 69.8 Å². The Labute approximate surface area is 244 Å². The molecule has 224 valence electrons. The molecule has 3 saturated heterocycles. The Hall–Kier alpha value is -2.97. The Morgan fingerprint density at radius 1 is 1.20 bits per heavy atom. The molecule has 0 saturated carbocycles. The highest BCUT2D eigenvalue weighted by Crippen LogP contribution is 2.59. The van der Waals surface area contributed by atoms with E-state index in [-0.39, 0.29) is 37.0 Å². The van der Waals surface area contributed by atoms with Gasteiger partial charge in [-0.05, 0) is 50.5 Å². The van der Waals surface area contributed by atoms with Gasteiger partial charge >= 0.3 is 5.97 Å². The molecule has 3 aliphatic rings. The summed E-state index contributed by atoms with van der Waals surface area (Å²) in [5.74, 6) is -2.78. The number of fused-ring (bicyclic) bond motifs is 1. The number of benzene rings is 1. The van der Waals surface area contributed by atoms with Gasteiger partial charge < -0.3 is 24.4 Å². The fourth-order valence-electron chi connectivity index (χ4n) is 7.71. The molecule has 3 heterocycles. The average molecular weight is 567 g/mol. The van der Waals surface area contributed by atoms with Gasteiger partial charge in [-0.3, -0.25) is 14.4 Å². The van der Waals surface area contributed by atoms with Crippen LogP contribution < -0.4 is 0 Å². The molecule has 2 unspecified atom stereocenters. The van der Waals surface area contributed by atoms with E-state index in [1.54, 1.807) is 15.9 Å². The molecule has 1 spiro atoms. The van der Waals surface area contributed by atoms with Crippen molar-refractivity contribution in [1.82, 2.24) is 9.80 Å². The minimum atomic E-state index is -1.18. The first-order valence-corrected chi connectivity index (χ1v) is 14.7. The number of ether oxygens (including phenoxy) is 2. The van der Waals surface area contributed by atoms with Crippen molar-refractivity contribution in [2.45, 2.75) is 89.6 Å². The summed E-state index contributed by atoms with van der Waals surface area (Å²) >= 11 is 0. The molecule has 41 heavy (non-hydrogen) atoms. The number of likely N-dealkylation sites (tertiary alicyclic amines) is 1. The van der Waals surface area contributed by atoms with Gasteiger partial charge in [0.15, 0.2) is 0 Å². The first-order valence-electron chi connectivity index (χ1n) is 14.7. The van der Waals surface area contributed by atoms with Gasteiger partial charge in [-0.25, -0.2) is 0 Å². The zero-order valence-corrected chi connectivity index (χ0v) is 25.2. The van der Waals surface area contributed by atoms with Crippen molar-refractivity contribution in [2.24, 2.45) is 17.3 Å². The van der Waals surface area contributed by atoms with E-state index in [4.69, 9.17) is 9.47 Å². The van der Waals surface area contributed by atoms with Gasteiger partial charge in [0.05, 0.1) is 30.6 Å². The fraction of sp³-hybridized carbons (Fsp3) is 0.606. The molecular weight excluding hydrogens is 520 g/mol. The van der Waals surface area contributed by atoms with Crippen LogP contribution in [0.1, 0.15) is 59.4 Å². The van der Waals surface area contributed by atoms with E-state index in [1.807, 2.05) is 44.2 Å². The molecule has 2 bridgehead atoms. The van der Waals surface area contributed by atoms with Crippen molar-refractivity contribution in [2.75, 3.05) is 19.8 Å². The molecule has 0 radical (unpaired) electrons. The highest BCUT2D eigenvalue weighted by atomic mass is 16.6. The van der Waals surface area contributed by atoms with Gasteiger partial charge in [-0.2, -0.15) is 0 Å². The van der Waals surface area contributed by atoms with Crippen molar-refractivity contribution in [3.05, 3.63) is 61.2 Å². The van der Waals surface area contributed by atoms with Crippen molar-refractivity contribution in [3.63, 3.8) is 0 Å². The number of rotatable bonds is 12. The number of amides is 2. The van der Waals surface area contributed by atoms with E-state index >= 15 is 0 Å². The maximum absolute atomic E-state index is 14.9. The van der Waals surface area contributed by atoms with E-state index in [2.05, 4.69) is 33.9 Å². The van der Waals surface area contributed by atoms with Crippen LogP contribution in [0.15, 0.2) is 55.6 Å². The van der Waals surface area contributed by atoms with Crippen molar-refractivity contribution < 1.29 is 29.0 Å². The topological polar surface area (TPSA) is 96.4 Å². The van der Waals surface area contributed by atoms with Crippen LogP contribution in [0.5, 0.6) is 0 Å². The largest absolute Gasteiger partial charge is 0.461 e. The third-order valence-electron chi connectivity index (χ3n) is 8.78. The lowest BCUT2D eigenvalue weighted by Gasteiger charge is -2.46. The van der Waals surface area contributed by atoms with Crippen LogP contribution in [0.25, 0.3) is 0 Å². The normalized spacial score (nSPS) is 27.9. The number of carbonyl (C=O) groups excluding carboxylic acids is 3. The number of hydrogen-bond donors (Lipinski definition) is 1.